The third-order valence-corrected chi connectivity index (χ3v) is 2.87. The third kappa shape index (κ3) is 0.533. The number of hydrogen-bond acceptors (Lipinski definition) is 1. The maximum absolute atomic E-state index is 10.4. The average molecular weight is 126 g/mol. The number of carboxylic acids is 1. The lowest BCUT2D eigenvalue weighted by molar-refractivity contribution is -0.157. The fourth-order valence-electron chi connectivity index (χ4n) is 2.01. The molecule has 2 nitrogen and oxygen atoms in total. The summed E-state index contributed by atoms with van der Waals surface area (Å²) in [5.41, 5.74) is 0. The highest BCUT2D eigenvalue weighted by Crippen LogP contribution is 2.54. The van der Waals surface area contributed by atoms with E-state index < -0.39 is 5.97 Å². The molecule has 50 valence electrons. The Morgan fingerprint density at radius 1 is 1.44 bits per heavy atom. The Morgan fingerprint density at radius 3 is 2.33 bits per heavy atom. The van der Waals surface area contributed by atoms with Gasteiger partial charge >= 0.3 is 5.97 Å². The van der Waals surface area contributed by atoms with E-state index in [0.29, 0.717) is 5.92 Å². The Bertz CT molecular complexity index is 153. The predicted molar refractivity (Wildman–Crippen MR) is 32.0 cm³/mol. The van der Waals surface area contributed by atoms with Crippen LogP contribution in [0.1, 0.15) is 19.3 Å². The summed E-state index contributed by atoms with van der Waals surface area (Å²) in [6.45, 7) is 0. The highest BCUT2D eigenvalue weighted by Gasteiger charge is 2.50. The summed E-state index contributed by atoms with van der Waals surface area (Å²) in [5, 5.41) is 8.56. The lowest BCUT2D eigenvalue weighted by atomic mass is 9.53. The molecular weight excluding hydrogens is 116 g/mol. The summed E-state index contributed by atoms with van der Waals surface area (Å²) in [7, 11) is 0. The molecule has 0 spiro atoms. The second kappa shape index (κ2) is 1.49. The van der Waals surface area contributed by atoms with Gasteiger partial charge in [0.05, 0.1) is 5.92 Å². The van der Waals surface area contributed by atoms with Crippen molar-refractivity contribution in [2.45, 2.75) is 19.3 Å². The first-order chi connectivity index (χ1) is 4.29. The first-order valence-corrected chi connectivity index (χ1v) is 3.52. The van der Waals surface area contributed by atoms with Crippen LogP contribution < -0.4 is 0 Å². The molecule has 0 heterocycles. The zero-order valence-corrected chi connectivity index (χ0v) is 5.21. The molecule has 0 aliphatic heterocycles. The van der Waals surface area contributed by atoms with Crippen LogP contribution in [-0.2, 0) is 4.79 Å². The van der Waals surface area contributed by atoms with E-state index in [4.69, 9.17) is 5.11 Å². The molecule has 0 saturated heterocycles. The van der Waals surface area contributed by atoms with Gasteiger partial charge in [0, 0.05) is 0 Å². The Hall–Kier alpha value is -0.530. The average Bonchev–Trinajstić information content (AvgIpc) is 1.76. The molecule has 1 N–H and O–H groups in total. The number of rotatable bonds is 1. The third-order valence-electron chi connectivity index (χ3n) is 2.87. The quantitative estimate of drug-likeness (QED) is 0.571. The van der Waals surface area contributed by atoms with Crippen molar-refractivity contribution in [3.05, 3.63) is 0 Å². The lowest BCUT2D eigenvalue weighted by Gasteiger charge is -2.50. The summed E-state index contributed by atoms with van der Waals surface area (Å²) < 4.78 is 0. The second-order valence-corrected chi connectivity index (χ2v) is 3.18. The van der Waals surface area contributed by atoms with Crippen molar-refractivity contribution in [2.24, 2.45) is 17.8 Å². The summed E-state index contributed by atoms with van der Waals surface area (Å²) in [6.07, 6.45) is 3.41. The standard InChI is InChI=1S/C7H10O2/c8-7(9)6-3-4-1-2-5(4)6/h4-6H,1-3H2,(H,8,9)/t4-,5-,6+/m1/s1. The van der Waals surface area contributed by atoms with Crippen molar-refractivity contribution < 1.29 is 9.90 Å². The number of aliphatic carboxylic acids is 1. The van der Waals surface area contributed by atoms with E-state index in [1.165, 1.54) is 12.8 Å². The molecule has 2 saturated carbocycles. The largest absolute Gasteiger partial charge is 0.481 e. The van der Waals surface area contributed by atoms with Crippen molar-refractivity contribution >= 4 is 5.97 Å². The monoisotopic (exact) mass is 126 g/mol. The molecule has 0 amide bonds. The van der Waals surface area contributed by atoms with E-state index in [2.05, 4.69) is 0 Å². The van der Waals surface area contributed by atoms with Crippen molar-refractivity contribution in [3.8, 4) is 0 Å². The number of hydrogen-bond donors (Lipinski definition) is 1. The van der Waals surface area contributed by atoms with Gasteiger partial charge in [0.1, 0.15) is 0 Å². The van der Waals surface area contributed by atoms with E-state index in [9.17, 15) is 4.79 Å². The zero-order chi connectivity index (χ0) is 6.43. The molecule has 2 rings (SSSR count). The molecule has 2 aliphatic rings. The van der Waals surface area contributed by atoms with Gasteiger partial charge in [-0.15, -0.1) is 0 Å². The zero-order valence-electron chi connectivity index (χ0n) is 5.21. The van der Waals surface area contributed by atoms with Gasteiger partial charge in [-0.3, -0.25) is 4.79 Å². The fourth-order valence-corrected chi connectivity index (χ4v) is 2.01. The molecule has 0 aromatic rings. The number of fused-ring (bicyclic) bond motifs is 1. The maximum Gasteiger partial charge on any atom is 0.306 e. The second-order valence-electron chi connectivity index (χ2n) is 3.18. The van der Waals surface area contributed by atoms with Crippen LogP contribution in [0.25, 0.3) is 0 Å². The van der Waals surface area contributed by atoms with E-state index in [1.54, 1.807) is 0 Å². The van der Waals surface area contributed by atoms with Crippen molar-refractivity contribution in [2.75, 3.05) is 0 Å². The van der Waals surface area contributed by atoms with Crippen LogP contribution in [0.15, 0.2) is 0 Å². The van der Waals surface area contributed by atoms with Gasteiger partial charge in [-0.25, -0.2) is 0 Å². The number of carboxylic acid groups (broad SMARTS) is 1. The Labute approximate surface area is 53.9 Å². The summed E-state index contributed by atoms with van der Waals surface area (Å²) in [4.78, 5) is 10.4. The van der Waals surface area contributed by atoms with Crippen molar-refractivity contribution in [1.29, 1.82) is 0 Å². The molecule has 2 fully saturated rings. The molecule has 0 aromatic heterocycles. The smallest absolute Gasteiger partial charge is 0.306 e. The van der Waals surface area contributed by atoms with Gasteiger partial charge < -0.3 is 5.11 Å². The SMILES string of the molecule is O=C(O)[C@H]1C[C@H]2CC[C@H]21. The molecule has 2 aliphatic carbocycles. The van der Waals surface area contributed by atoms with Gasteiger partial charge in [0.2, 0.25) is 0 Å². The molecular formula is C7H10O2. The molecule has 9 heavy (non-hydrogen) atoms. The summed E-state index contributed by atoms with van der Waals surface area (Å²) in [6, 6.07) is 0. The van der Waals surface area contributed by atoms with E-state index in [1.807, 2.05) is 0 Å². The van der Waals surface area contributed by atoms with Gasteiger partial charge in [-0.2, -0.15) is 0 Å². The van der Waals surface area contributed by atoms with Gasteiger partial charge in [0.25, 0.3) is 0 Å². The molecule has 2 heteroatoms. The molecule has 0 aromatic carbocycles. The van der Waals surface area contributed by atoms with Gasteiger partial charge in [0.15, 0.2) is 0 Å². The minimum atomic E-state index is -0.573. The Morgan fingerprint density at radius 2 is 2.22 bits per heavy atom. The number of carbonyl (C=O) groups is 1. The Balaban J connectivity index is 1.97. The molecule has 0 unspecified atom stereocenters. The first kappa shape index (κ1) is 5.27. The molecule has 0 bridgehead atoms. The van der Waals surface area contributed by atoms with Crippen molar-refractivity contribution in [1.82, 2.24) is 0 Å². The minimum absolute atomic E-state index is 0.0312. The van der Waals surface area contributed by atoms with Crippen LogP contribution in [0, 0.1) is 17.8 Å². The van der Waals surface area contributed by atoms with Crippen LogP contribution in [-0.4, -0.2) is 11.1 Å². The van der Waals surface area contributed by atoms with Crippen molar-refractivity contribution in [3.63, 3.8) is 0 Å². The van der Waals surface area contributed by atoms with Crippen LogP contribution in [0.3, 0.4) is 0 Å². The summed E-state index contributed by atoms with van der Waals surface area (Å²) >= 11 is 0. The first-order valence-electron chi connectivity index (χ1n) is 3.52. The van der Waals surface area contributed by atoms with E-state index in [-0.39, 0.29) is 5.92 Å². The fraction of sp³-hybridized carbons (Fsp3) is 0.857. The lowest BCUT2D eigenvalue weighted by Crippen LogP contribution is -2.47. The predicted octanol–water partition coefficient (Wildman–Crippen LogP) is 1.12. The van der Waals surface area contributed by atoms with Gasteiger partial charge in [-0.1, -0.05) is 0 Å². The van der Waals surface area contributed by atoms with Crippen LogP contribution in [0.2, 0.25) is 0 Å². The van der Waals surface area contributed by atoms with Crippen LogP contribution in [0.4, 0.5) is 0 Å². The highest BCUT2D eigenvalue weighted by atomic mass is 16.4. The van der Waals surface area contributed by atoms with Gasteiger partial charge in [-0.05, 0) is 31.1 Å². The highest BCUT2D eigenvalue weighted by molar-refractivity contribution is 5.72. The van der Waals surface area contributed by atoms with E-state index >= 15 is 0 Å². The van der Waals surface area contributed by atoms with Crippen LogP contribution >= 0.6 is 0 Å². The van der Waals surface area contributed by atoms with E-state index in [0.717, 1.165) is 12.3 Å². The normalized spacial score (nSPS) is 46.4. The molecule has 0 radical (unpaired) electrons. The summed E-state index contributed by atoms with van der Waals surface area (Å²) in [5.74, 6) is 0.827. The maximum atomic E-state index is 10.4. The topological polar surface area (TPSA) is 37.3 Å². The molecule has 3 atom stereocenters. The van der Waals surface area contributed by atoms with Crippen LogP contribution in [0.5, 0.6) is 0 Å². The Kier molecular flexibility index (Phi) is 0.875. The minimum Gasteiger partial charge on any atom is -0.481 e.